The van der Waals surface area contributed by atoms with Gasteiger partial charge in [-0.25, -0.2) is 4.79 Å². The maximum absolute atomic E-state index is 13.3. The molecule has 5 nitrogen and oxygen atoms in total. The van der Waals surface area contributed by atoms with Crippen molar-refractivity contribution in [2.75, 3.05) is 20.3 Å². The molecule has 2 aromatic carbocycles. The molecule has 0 spiro atoms. The second-order valence-electron chi connectivity index (χ2n) is 7.40. The van der Waals surface area contributed by atoms with Gasteiger partial charge in [-0.2, -0.15) is 0 Å². The summed E-state index contributed by atoms with van der Waals surface area (Å²) in [4.78, 5) is 15.3. The number of fused-ring (bicyclic) bond motifs is 3. The van der Waals surface area contributed by atoms with Crippen LogP contribution in [0.4, 0.5) is 4.79 Å². The lowest BCUT2D eigenvalue weighted by molar-refractivity contribution is 0.174. The molecule has 0 saturated carbocycles. The lowest BCUT2D eigenvalue weighted by Gasteiger charge is -2.32. The molecule has 0 saturated heterocycles. The van der Waals surface area contributed by atoms with E-state index in [0.29, 0.717) is 19.7 Å². The van der Waals surface area contributed by atoms with Crippen molar-refractivity contribution in [3.05, 3.63) is 89.2 Å². The summed E-state index contributed by atoms with van der Waals surface area (Å²) in [7, 11) is 1.68. The van der Waals surface area contributed by atoms with E-state index in [2.05, 4.69) is 59.4 Å². The lowest BCUT2D eigenvalue weighted by Crippen LogP contribution is -2.42. The first-order valence-electron chi connectivity index (χ1n) is 10.0. The van der Waals surface area contributed by atoms with E-state index in [0.717, 1.165) is 28.9 Å². The third-order valence-electron chi connectivity index (χ3n) is 5.51. The van der Waals surface area contributed by atoms with Crippen molar-refractivity contribution in [3.8, 4) is 5.69 Å². The smallest absolute Gasteiger partial charge is 0.318 e. The van der Waals surface area contributed by atoms with Gasteiger partial charge in [0, 0.05) is 32.2 Å². The first-order chi connectivity index (χ1) is 14.2. The van der Waals surface area contributed by atoms with Crippen molar-refractivity contribution in [1.29, 1.82) is 0 Å². The molecular formula is C24H27N3O2. The van der Waals surface area contributed by atoms with E-state index < -0.39 is 0 Å². The summed E-state index contributed by atoms with van der Waals surface area (Å²) in [6.07, 6.45) is 2.87. The minimum absolute atomic E-state index is 0.0567. The minimum atomic E-state index is -0.166. The van der Waals surface area contributed by atoms with Gasteiger partial charge < -0.3 is 19.5 Å². The Hall–Kier alpha value is -3.05. The first-order valence-corrected chi connectivity index (χ1v) is 10.0. The maximum Gasteiger partial charge on any atom is 0.318 e. The summed E-state index contributed by atoms with van der Waals surface area (Å²) in [6, 6.07) is 20.6. The number of benzene rings is 2. The number of carbonyl (C=O) groups is 1. The van der Waals surface area contributed by atoms with Crippen LogP contribution in [0.3, 0.4) is 0 Å². The van der Waals surface area contributed by atoms with Crippen molar-refractivity contribution < 1.29 is 9.53 Å². The van der Waals surface area contributed by atoms with Crippen LogP contribution in [-0.2, 0) is 11.3 Å². The maximum atomic E-state index is 13.3. The number of para-hydroxylation sites is 1. The number of aryl methyl sites for hydroxylation is 1. The zero-order valence-electron chi connectivity index (χ0n) is 17.0. The number of hydrogen-bond donors (Lipinski definition) is 1. The molecule has 3 aromatic rings. The Balaban J connectivity index is 1.79. The van der Waals surface area contributed by atoms with E-state index in [1.807, 2.05) is 29.2 Å². The molecule has 0 radical (unpaired) electrons. The Morgan fingerprint density at radius 3 is 2.72 bits per heavy atom. The van der Waals surface area contributed by atoms with Crippen molar-refractivity contribution in [3.63, 3.8) is 0 Å². The normalized spacial score (nSPS) is 15.4. The highest BCUT2D eigenvalue weighted by atomic mass is 16.5. The Morgan fingerprint density at radius 1 is 1.10 bits per heavy atom. The second kappa shape index (κ2) is 8.53. The molecule has 1 N–H and O–H groups in total. The van der Waals surface area contributed by atoms with E-state index in [1.54, 1.807) is 7.11 Å². The van der Waals surface area contributed by atoms with Crippen molar-refractivity contribution >= 4 is 6.03 Å². The van der Waals surface area contributed by atoms with Crippen LogP contribution in [0.25, 0.3) is 5.69 Å². The molecule has 4 rings (SSSR count). The largest absolute Gasteiger partial charge is 0.385 e. The predicted molar refractivity (Wildman–Crippen MR) is 114 cm³/mol. The molecule has 1 aliphatic rings. The van der Waals surface area contributed by atoms with Gasteiger partial charge in [0.25, 0.3) is 0 Å². The minimum Gasteiger partial charge on any atom is -0.385 e. The summed E-state index contributed by atoms with van der Waals surface area (Å²) in [6.45, 7) is 3.88. The molecule has 5 heteroatoms. The van der Waals surface area contributed by atoms with Gasteiger partial charge in [0.1, 0.15) is 6.04 Å². The van der Waals surface area contributed by atoms with Crippen LogP contribution in [0.2, 0.25) is 0 Å². The molecule has 2 heterocycles. The number of nitrogens with zero attached hydrogens (tertiary/aromatic N) is 2. The molecule has 1 aromatic heterocycles. The number of ether oxygens (including phenoxy) is 1. The third kappa shape index (κ3) is 3.78. The van der Waals surface area contributed by atoms with E-state index in [-0.39, 0.29) is 12.1 Å². The van der Waals surface area contributed by atoms with Crippen molar-refractivity contribution in [2.45, 2.75) is 25.9 Å². The quantitative estimate of drug-likeness (QED) is 0.656. The number of methoxy groups -OCH3 is 1. The molecule has 0 bridgehead atoms. The van der Waals surface area contributed by atoms with Gasteiger partial charge in [0.05, 0.1) is 12.2 Å². The zero-order valence-corrected chi connectivity index (χ0v) is 17.0. The topological polar surface area (TPSA) is 46.5 Å². The predicted octanol–water partition coefficient (Wildman–Crippen LogP) is 4.44. The summed E-state index contributed by atoms with van der Waals surface area (Å²) < 4.78 is 7.32. The van der Waals surface area contributed by atoms with Crippen molar-refractivity contribution in [1.82, 2.24) is 14.8 Å². The Labute approximate surface area is 171 Å². The number of aromatic nitrogens is 1. The molecular weight excluding hydrogens is 362 g/mol. The van der Waals surface area contributed by atoms with Gasteiger partial charge in [0.2, 0.25) is 0 Å². The molecule has 0 fully saturated rings. The van der Waals surface area contributed by atoms with Gasteiger partial charge in [-0.3, -0.25) is 0 Å². The molecule has 1 unspecified atom stereocenters. The fourth-order valence-electron chi connectivity index (χ4n) is 4.07. The number of urea groups is 1. The SMILES string of the molecule is COCCCNC(=O)N1Cc2ccccc2-n2cccc2C1c1ccccc1C. The van der Waals surface area contributed by atoms with Crippen LogP contribution in [0.5, 0.6) is 0 Å². The number of rotatable bonds is 5. The van der Waals surface area contributed by atoms with Crippen LogP contribution >= 0.6 is 0 Å². The summed E-state index contributed by atoms with van der Waals surface area (Å²) in [5.74, 6) is 0. The lowest BCUT2D eigenvalue weighted by atomic mass is 9.97. The molecule has 29 heavy (non-hydrogen) atoms. The first kappa shape index (κ1) is 19.3. The molecule has 150 valence electrons. The highest BCUT2D eigenvalue weighted by Crippen LogP contribution is 2.37. The summed E-state index contributed by atoms with van der Waals surface area (Å²) in [5.41, 5.74) is 5.67. The van der Waals surface area contributed by atoms with E-state index >= 15 is 0 Å². The Morgan fingerprint density at radius 2 is 1.90 bits per heavy atom. The summed E-state index contributed by atoms with van der Waals surface area (Å²) >= 11 is 0. The van der Waals surface area contributed by atoms with Gasteiger partial charge in [-0.15, -0.1) is 0 Å². The molecule has 2 amide bonds. The summed E-state index contributed by atoms with van der Waals surface area (Å²) in [5, 5.41) is 3.09. The van der Waals surface area contributed by atoms with Gasteiger partial charge >= 0.3 is 6.03 Å². The number of amides is 2. The van der Waals surface area contributed by atoms with Crippen LogP contribution in [0.1, 0.15) is 34.8 Å². The van der Waals surface area contributed by atoms with Crippen molar-refractivity contribution in [2.24, 2.45) is 0 Å². The van der Waals surface area contributed by atoms with Gasteiger partial charge in [-0.05, 0) is 48.2 Å². The highest BCUT2D eigenvalue weighted by Gasteiger charge is 2.33. The second-order valence-corrected chi connectivity index (χ2v) is 7.40. The third-order valence-corrected chi connectivity index (χ3v) is 5.51. The average Bonchev–Trinajstić information content (AvgIpc) is 3.16. The fourth-order valence-corrected chi connectivity index (χ4v) is 4.07. The monoisotopic (exact) mass is 389 g/mol. The standard InChI is InChI=1S/C24H27N3O2/c1-18-9-3-5-11-20(18)23-22-13-7-15-26(22)21-12-6-4-10-19(21)17-27(23)24(28)25-14-8-16-29-2/h3-7,9-13,15,23H,8,14,16-17H2,1-2H3,(H,25,28). The molecule has 0 aliphatic carbocycles. The molecule has 1 atom stereocenters. The van der Waals surface area contributed by atoms with Gasteiger partial charge in [-0.1, -0.05) is 42.5 Å². The number of hydrogen-bond acceptors (Lipinski definition) is 2. The van der Waals surface area contributed by atoms with E-state index in [9.17, 15) is 4.79 Å². The zero-order chi connectivity index (χ0) is 20.2. The van der Waals surface area contributed by atoms with Crippen LogP contribution in [-0.4, -0.2) is 35.8 Å². The van der Waals surface area contributed by atoms with Crippen LogP contribution in [0, 0.1) is 6.92 Å². The Bertz CT molecular complexity index is 995. The van der Waals surface area contributed by atoms with Gasteiger partial charge in [0.15, 0.2) is 0 Å². The van der Waals surface area contributed by atoms with Crippen LogP contribution in [0.15, 0.2) is 66.9 Å². The van der Waals surface area contributed by atoms with E-state index in [1.165, 1.54) is 5.56 Å². The average molecular weight is 389 g/mol. The number of carbonyl (C=O) groups excluding carboxylic acids is 1. The fraction of sp³-hybridized carbons (Fsp3) is 0.292. The number of nitrogens with one attached hydrogen (secondary N) is 1. The van der Waals surface area contributed by atoms with Crippen LogP contribution < -0.4 is 5.32 Å². The van der Waals surface area contributed by atoms with E-state index in [4.69, 9.17) is 4.74 Å². The Kier molecular flexibility index (Phi) is 5.67. The highest BCUT2D eigenvalue weighted by molar-refractivity contribution is 5.76. The molecule has 1 aliphatic heterocycles.